The van der Waals surface area contributed by atoms with Gasteiger partial charge < -0.3 is 5.32 Å². The number of benzene rings is 1. The van der Waals surface area contributed by atoms with Crippen molar-refractivity contribution in [2.24, 2.45) is 0 Å². The third-order valence-corrected chi connectivity index (χ3v) is 5.82. The van der Waals surface area contributed by atoms with E-state index in [4.69, 9.17) is 11.6 Å². The number of fused-ring (bicyclic) bond motifs is 1. The van der Waals surface area contributed by atoms with Crippen LogP contribution in [-0.2, 0) is 12.8 Å². The molecule has 0 saturated carbocycles. The van der Waals surface area contributed by atoms with Crippen molar-refractivity contribution in [3.05, 3.63) is 50.2 Å². The minimum Gasteiger partial charge on any atom is -0.378 e. The number of aryl methyl sites for hydroxylation is 3. The highest BCUT2D eigenvalue weighted by Gasteiger charge is 2.16. The zero-order valence-corrected chi connectivity index (χ0v) is 13.6. The third kappa shape index (κ3) is 2.87. The van der Waals surface area contributed by atoms with Gasteiger partial charge in [0.05, 0.1) is 6.04 Å². The van der Waals surface area contributed by atoms with Gasteiger partial charge in [0.2, 0.25) is 0 Å². The Morgan fingerprint density at radius 1 is 1.20 bits per heavy atom. The van der Waals surface area contributed by atoms with Crippen LogP contribution in [0.25, 0.3) is 0 Å². The van der Waals surface area contributed by atoms with Gasteiger partial charge in [-0.05, 0) is 68.9 Å². The molecule has 20 heavy (non-hydrogen) atoms. The summed E-state index contributed by atoms with van der Waals surface area (Å²) in [6.07, 6.45) is 5.22. The van der Waals surface area contributed by atoms with E-state index in [0.29, 0.717) is 6.04 Å². The zero-order valence-electron chi connectivity index (χ0n) is 12.0. The summed E-state index contributed by atoms with van der Waals surface area (Å²) in [6.45, 7) is 4.26. The fourth-order valence-electron chi connectivity index (χ4n) is 2.73. The lowest BCUT2D eigenvalue weighted by atomic mass is 9.99. The topological polar surface area (TPSA) is 12.0 Å². The van der Waals surface area contributed by atoms with Crippen LogP contribution in [0.2, 0.25) is 5.02 Å². The molecule has 0 bridgehead atoms. The van der Waals surface area contributed by atoms with Crippen molar-refractivity contribution in [1.82, 2.24) is 0 Å². The Morgan fingerprint density at radius 2 is 2.00 bits per heavy atom. The molecule has 1 heterocycles. The van der Waals surface area contributed by atoms with Crippen molar-refractivity contribution < 1.29 is 0 Å². The molecule has 106 valence electrons. The van der Waals surface area contributed by atoms with Crippen molar-refractivity contribution in [1.29, 1.82) is 0 Å². The molecule has 1 unspecified atom stereocenters. The molecule has 3 rings (SSSR count). The van der Waals surface area contributed by atoms with Crippen molar-refractivity contribution in [3.63, 3.8) is 0 Å². The Hall–Kier alpha value is -0.990. The molecular weight excluding hydrogens is 286 g/mol. The molecule has 2 aromatic rings. The van der Waals surface area contributed by atoms with Crippen LogP contribution in [0.3, 0.4) is 0 Å². The molecule has 1 aromatic heterocycles. The summed E-state index contributed by atoms with van der Waals surface area (Å²) < 4.78 is 0. The van der Waals surface area contributed by atoms with E-state index < -0.39 is 0 Å². The predicted molar refractivity (Wildman–Crippen MR) is 89.2 cm³/mol. The van der Waals surface area contributed by atoms with E-state index in [1.165, 1.54) is 30.6 Å². The highest BCUT2D eigenvalue weighted by molar-refractivity contribution is 7.12. The first-order chi connectivity index (χ1) is 9.63. The van der Waals surface area contributed by atoms with E-state index in [1.54, 1.807) is 10.4 Å². The van der Waals surface area contributed by atoms with Gasteiger partial charge in [-0.2, -0.15) is 0 Å². The normalized spacial score (nSPS) is 15.8. The van der Waals surface area contributed by atoms with Gasteiger partial charge in [0.25, 0.3) is 0 Å². The predicted octanol–water partition coefficient (Wildman–Crippen LogP) is 5.76. The van der Waals surface area contributed by atoms with E-state index in [1.807, 2.05) is 24.3 Å². The van der Waals surface area contributed by atoms with Gasteiger partial charge in [0.1, 0.15) is 0 Å². The van der Waals surface area contributed by atoms with Gasteiger partial charge in [-0.3, -0.25) is 0 Å². The Kier molecular flexibility index (Phi) is 4.04. The number of nitrogens with one attached hydrogen (secondary N) is 1. The van der Waals surface area contributed by atoms with Crippen LogP contribution in [0.4, 0.5) is 5.69 Å². The minimum absolute atomic E-state index is 0.337. The van der Waals surface area contributed by atoms with E-state index in [0.717, 1.165) is 16.3 Å². The summed E-state index contributed by atoms with van der Waals surface area (Å²) in [6, 6.07) is 8.92. The Balaban J connectivity index is 1.76. The van der Waals surface area contributed by atoms with Crippen LogP contribution in [0.1, 0.15) is 46.7 Å². The van der Waals surface area contributed by atoms with Crippen LogP contribution in [0.15, 0.2) is 24.3 Å². The second-order valence-electron chi connectivity index (χ2n) is 5.63. The van der Waals surface area contributed by atoms with E-state index in [2.05, 4.69) is 30.4 Å². The molecule has 0 aliphatic heterocycles. The number of rotatable bonds is 3. The molecule has 0 fully saturated rings. The fraction of sp³-hybridized carbons (Fsp3) is 0.412. The lowest BCUT2D eigenvalue weighted by Crippen LogP contribution is -2.04. The van der Waals surface area contributed by atoms with Gasteiger partial charge >= 0.3 is 0 Å². The number of thiophene rings is 1. The van der Waals surface area contributed by atoms with Gasteiger partial charge in [0.15, 0.2) is 0 Å². The summed E-state index contributed by atoms with van der Waals surface area (Å²) in [5.41, 5.74) is 3.79. The van der Waals surface area contributed by atoms with Gasteiger partial charge in [0, 0.05) is 20.5 Å². The third-order valence-electron chi connectivity index (χ3n) is 4.00. The van der Waals surface area contributed by atoms with Gasteiger partial charge in [-0.25, -0.2) is 0 Å². The molecule has 0 saturated heterocycles. The molecular formula is C17H20ClNS. The van der Waals surface area contributed by atoms with Crippen molar-refractivity contribution >= 4 is 28.6 Å². The molecule has 1 aliphatic carbocycles. The van der Waals surface area contributed by atoms with Gasteiger partial charge in [-0.15, -0.1) is 11.3 Å². The van der Waals surface area contributed by atoms with Crippen molar-refractivity contribution in [2.75, 3.05) is 5.32 Å². The Morgan fingerprint density at radius 3 is 2.75 bits per heavy atom. The molecule has 1 nitrogen and oxygen atoms in total. The van der Waals surface area contributed by atoms with E-state index in [-0.39, 0.29) is 0 Å². The summed E-state index contributed by atoms with van der Waals surface area (Å²) in [5.74, 6) is 0. The largest absolute Gasteiger partial charge is 0.378 e. The molecule has 1 atom stereocenters. The Bertz CT molecular complexity index is 594. The summed E-state index contributed by atoms with van der Waals surface area (Å²) in [5, 5.41) is 4.39. The lowest BCUT2D eigenvalue weighted by Gasteiger charge is -2.14. The standard InChI is InChI=1S/C17H20ClNS/c1-11-7-8-14(10-15(11)18)19-12(2)17-9-13-5-3-4-6-16(13)20-17/h7-10,12,19H,3-6H2,1-2H3. The quantitative estimate of drug-likeness (QED) is 0.760. The fourth-order valence-corrected chi connectivity index (χ4v) is 4.17. The molecule has 0 amide bonds. The SMILES string of the molecule is Cc1ccc(NC(C)c2cc3c(s2)CCCC3)cc1Cl. The zero-order chi connectivity index (χ0) is 14.1. The maximum Gasteiger partial charge on any atom is 0.0578 e. The first-order valence-electron chi connectivity index (χ1n) is 7.27. The second-order valence-corrected chi connectivity index (χ2v) is 7.21. The average Bonchev–Trinajstić information content (AvgIpc) is 2.87. The average molecular weight is 306 g/mol. The molecule has 3 heteroatoms. The Labute approximate surface area is 130 Å². The molecule has 1 N–H and O–H groups in total. The molecule has 0 spiro atoms. The van der Waals surface area contributed by atoms with E-state index in [9.17, 15) is 0 Å². The highest BCUT2D eigenvalue weighted by atomic mass is 35.5. The number of anilines is 1. The molecule has 0 radical (unpaired) electrons. The number of hydrogen-bond acceptors (Lipinski definition) is 2. The second kappa shape index (κ2) is 5.79. The highest BCUT2D eigenvalue weighted by Crippen LogP contribution is 2.34. The monoisotopic (exact) mass is 305 g/mol. The van der Waals surface area contributed by atoms with Crippen molar-refractivity contribution in [3.8, 4) is 0 Å². The molecule has 1 aromatic carbocycles. The lowest BCUT2D eigenvalue weighted by molar-refractivity contribution is 0.696. The van der Waals surface area contributed by atoms with Gasteiger partial charge in [-0.1, -0.05) is 17.7 Å². The van der Waals surface area contributed by atoms with Crippen LogP contribution < -0.4 is 5.32 Å². The van der Waals surface area contributed by atoms with Crippen molar-refractivity contribution in [2.45, 2.75) is 45.6 Å². The first-order valence-corrected chi connectivity index (χ1v) is 8.47. The number of hydrogen-bond donors (Lipinski definition) is 1. The maximum absolute atomic E-state index is 6.19. The van der Waals surface area contributed by atoms with E-state index >= 15 is 0 Å². The number of halogens is 1. The summed E-state index contributed by atoms with van der Waals surface area (Å²) >= 11 is 8.16. The summed E-state index contributed by atoms with van der Waals surface area (Å²) in [7, 11) is 0. The van der Waals surface area contributed by atoms with Crippen LogP contribution >= 0.6 is 22.9 Å². The maximum atomic E-state index is 6.19. The van der Waals surface area contributed by atoms with Crippen LogP contribution in [0, 0.1) is 6.92 Å². The first kappa shape index (κ1) is 14.0. The molecule has 1 aliphatic rings. The van der Waals surface area contributed by atoms with Crippen LogP contribution in [-0.4, -0.2) is 0 Å². The van der Waals surface area contributed by atoms with Crippen LogP contribution in [0.5, 0.6) is 0 Å². The minimum atomic E-state index is 0.337. The summed E-state index contributed by atoms with van der Waals surface area (Å²) in [4.78, 5) is 3.04. The smallest absolute Gasteiger partial charge is 0.0578 e.